The zero-order valence-electron chi connectivity index (χ0n) is 13.0. The fourth-order valence-electron chi connectivity index (χ4n) is 1.98. The van der Waals surface area contributed by atoms with E-state index in [-0.39, 0.29) is 11.5 Å². The molecule has 0 aliphatic heterocycles. The normalized spacial score (nSPS) is 9.91. The van der Waals surface area contributed by atoms with Crippen LogP contribution >= 0.6 is 0 Å². The van der Waals surface area contributed by atoms with Crippen molar-refractivity contribution in [2.45, 2.75) is 32.6 Å². The fourth-order valence-corrected chi connectivity index (χ4v) is 1.98. The number of phenols is 3. The Kier molecular flexibility index (Phi) is 7.86. The third-order valence-electron chi connectivity index (χ3n) is 3.18. The molecule has 5 N–H and O–H groups in total. The molecule has 0 aliphatic carbocycles. The third-order valence-corrected chi connectivity index (χ3v) is 3.18. The Balaban J connectivity index is 0.000000220. The number of aryl methyl sites for hydroxylation is 2. The van der Waals surface area contributed by atoms with Gasteiger partial charge in [0.25, 0.3) is 0 Å². The lowest BCUT2D eigenvalue weighted by atomic mass is 10.1. The van der Waals surface area contributed by atoms with Gasteiger partial charge in [0.1, 0.15) is 5.75 Å². The highest BCUT2D eigenvalue weighted by molar-refractivity contribution is 5.40. The second-order valence-corrected chi connectivity index (χ2v) is 5.13. The summed E-state index contributed by atoms with van der Waals surface area (Å²) in [5, 5.41) is 27.0. The molecular formula is C18H25NO3. The molecule has 0 saturated carbocycles. The summed E-state index contributed by atoms with van der Waals surface area (Å²) >= 11 is 0. The van der Waals surface area contributed by atoms with Crippen molar-refractivity contribution in [1.82, 2.24) is 0 Å². The van der Waals surface area contributed by atoms with E-state index in [1.165, 1.54) is 11.6 Å². The van der Waals surface area contributed by atoms with Crippen molar-refractivity contribution in [3.8, 4) is 17.2 Å². The summed E-state index contributed by atoms with van der Waals surface area (Å²) in [7, 11) is 0. The highest BCUT2D eigenvalue weighted by Gasteiger charge is 1.98. The van der Waals surface area contributed by atoms with E-state index < -0.39 is 0 Å². The number of phenolic OH excluding ortho intramolecular Hbond substituents is 3. The maximum Gasteiger partial charge on any atom is 0.157 e. The molecule has 0 fully saturated rings. The number of hydrogen-bond acceptors (Lipinski definition) is 4. The molecule has 0 aromatic heterocycles. The second-order valence-electron chi connectivity index (χ2n) is 5.13. The second kappa shape index (κ2) is 9.68. The van der Waals surface area contributed by atoms with Crippen molar-refractivity contribution in [2.75, 3.05) is 6.54 Å². The largest absolute Gasteiger partial charge is 0.508 e. The minimum absolute atomic E-state index is 0.0315. The van der Waals surface area contributed by atoms with E-state index >= 15 is 0 Å². The lowest BCUT2D eigenvalue weighted by molar-refractivity contribution is 0.403. The summed E-state index contributed by atoms with van der Waals surface area (Å²) in [4.78, 5) is 0. The number of hydrogen-bond donors (Lipinski definition) is 4. The van der Waals surface area contributed by atoms with E-state index in [0.29, 0.717) is 5.75 Å². The number of aromatic hydroxyl groups is 3. The van der Waals surface area contributed by atoms with E-state index in [2.05, 4.69) is 6.92 Å². The van der Waals surface area contributed by atoms with Gasteiger partial charge >= 0.3 is 0 Å². The molecule has 120 valence electrons. The van der Waals surface area contributed by atoms with Crippen LogP contribution in [0.5, 0.6) is 17.2 Å². The molecule has 0 radical (unpaired) electrons. The van der Waals surface area contributed by atoms with Gasteiger partial charge in [-0.15, -0.1) is 0 Å². The van der Waals surface area contributed by atoms with Crippen LogP contribution in [0.4, 0.5) is 0 Å². The van der Waals surface area contributed by atoms with Crippen LogP contribution in [0.1, 0.15) is 30.9 Å². The summed E-state index contributed by atoms with van der Waals surface area (Å²) < 4.78 is 0. The quantitative estimate of drug-likeness (QED) is 0.638. The monoisotopic (exact) mass is 303 g/mol. The molecular weight excluding hydrogens is 278 g/mol. The number of nitrogens with two attached hydrogens (primary N) is 1. The molecule has 22 heavy (non-hydrogen) atoms. The molecule has 0 amide bonds. The molecule has 0 spiro atoms. The molecule has 2 aromatic rings. The summed E-state index contributed by atoms with van der Waals surface area (Å²) in [6, 6.07) is 12.2. The van der Waals surface area contributed by atoms with Crippen LogP contribution in [0.2, 0.25) is 0 Å². The average Bonchev–Trinajstić information content (AvgIpc) is 2.51. The van der Waals surface area contributed by atoms with Gasteiger partial charge in [-0.3, -0.25) is 0 Å². The maximum absolute atomic E-state index is 9.08. The number of benzene rings is 2. The van der Waals surface area contributed by atoms with Crippen LogP contribution in [0.15, 0.2) is 42.5 Å². The average molecular weight is 303 g/mol. The Bertz CT molecular complexity index is 553. The van der Waals surface area contributed by atoms with Gasteiger partial charge in [-0.2, -0.15) is 0 Å². The third kappa shape index (κ3) is 6.50. The van der Waals surface area contributed by atoms with Crippen molar-refractivity contribution in [3.05, 3.63) is 53.6 Å². The van der Waals surface area contributed by atoms with Gasteiger partial charge in [0, 0.05) is 0 Å². The Labute approximate surface area is 131 Å². The van der Waals surface area contributed by atoms with Crippen LogP contribution in [0, 0.1) is 0 Å². The van der Waals surface area contributed by atoms with Gasteiger partial charge in [-0.1, -0.05) is 31.5 Å². The van der Waals surface area contributed by atoms with Crippen LogP contribution in [0.3, 0.4) is 0 Å². The molecule has 2 rings (SSSR count). The van der Waals surface area contributed by atoms with Crippen molar-refractivity contribution in [1.29, 1.82) is 0 Å². The Hall–Kier alpha value is -2.20. The highest BCUT2D eigenvalue weighted by Crippen LogP contribution is 2.25. The van der Waals surface area contributed by atoms with E-state index in [1.807, 2.05) is 18.2 Å². The first-order valence-electron chi connectivity index (χ1n) is 7.55. The van der Waals surface area contributed by atoms with Gasteiger partial charge in [0.2, 0.25) is 0 Å². The van der Waals surface area contributed by atoms with Crippen LogP contribution in [0.25, 0.3) is 0 Å². The highest BCUT2D eigenvalue weighted by atomic mass is 16.3. The first kappa shape index (κ1) is 17.9. The van der Waals surface area contributed by atoms with Gasteiger partial charge in [0.15, 0.2) is 11.5 Å². The maximum atomic E-state index is 9.08. The van der Waals surface area contributed by atoms with Crippen molar-refractivity contribution in [3.63, 3.8) is 0 Å². The van der Waals surface area contributed by atoms with Crippen molar-refractivity contribution >= 4 is 0 Å². The molecule has 0 unspecified atom stereocenters. The summed E-state index contributed by atoms with van der Waals surface area (Å²) in [5.41, 5.74) is 7.64. The predicted octanol–water partition coefficient (Wildman–Crippen LogP) is 3.33. The molecule has 2 aromatic carbocycles. The van der Waals surface area contributed by atoms with E-state index in [9.17, 15) is 0 Å². The minimum atomic E-state index is -0.0511. The predicted molar refractivity (Wildman–Crippen MR) is 89.2 cm³/mol. The minimum Gasteiger partial charge on any atom is -0.508 e. The van der Waals surface area contributed by atoms with E-state index in [0.717, 1.165) is 37.8 Å². The van der Waals surface area contributed by atoms with Gasteiger partial charge in [-0.25, -0.2) is 0 Å². The van der Waals surface area contributed by atoms with E-state index in [1.54, 1.807) is 18.2 Å². The van der Waals surface area contributed by atoms with Gasteiger partial charge < -0.3 is 21.1 Å². The zero-order chi connectivity index (χ0) is 16.4. The van der Waals surface area contributed by atoms with Crippen molar-refractivity contribution < 1.29 is 15.3 Å². The van der Waals surface area contributed by atoms with Gasteiger partial charge in [0.05, 0.1) is 0 Å². The van der Waals surface area contributed by atoms with Crippen LogP contribution in [-0.4, -0.2) is 21.9 Å². The van der Waals surface area contributed by atoms with Crippen LogP contribution < -0.4 is 5.73 Å². The molecule has 0 aliphatic rings. The molecule has 0 saturated heterocycles. The van der Waals surface area contributed by atoms with Gasteiger partial charge in [-0.05, 0) is 61.2 Å². The zero-order valence-corrected chi connectivity index (χ0v) is 13.0. The fraction of sp³-hybridized carbons (Fsp3) is 0.333. The van der Waals surface area contributed by atoms with E-state index in [4.69, 9.17) is 21.1 Å². The number of rotatable bonds is 5. The molecule has 4 nitrogen and oxygen atoms in total. The van der Waals surface area contributed by atoms with Crippen molar-refractivity contribution in [2.24, 2.45) is 5.73 Å². The lowest BCUT2D eigenvalue weighted by Crippen LogP contribution is -1.99. The first-order valence-corrected chi connectivity index (χ1v) is 7.55. The standard InChI is InChI=1S/C9H13NO.C9H12O2/c10-7-1-2-8-3-5-9(11)6-4-8;1-2-3-7-4-5-8(10)9(11)6-7/h3-6,11H,1-2,7,10H2;4-6,10-11H,2-3H2,1H3. The summed E-state index contributed by atoms with van der Waals surface area (Å²) in [6.45, 7) is 2.80. The Morgan fingerprint density at radius 2 is 1.45 bits per heavy atom. The molecule has 4 heteroatoms. The molecule has 0 atom stereocenters. The SMILES string of the molecule is CCCc1ccc(O)c(O)c1.NCCCc1ccc(O)cc1. The molecule has 0 heterocycles. The Morgan fingerprint density at radius 3 is 2.00 bits per heavy atom. The summed E-state index contributed by atoms with van der Waals surface area (Å²) in [6.07, 6.45) is 3.99. The lowest BCUT2D eigenvalue weighted by Gasteiger charge is -2.00. The molecule has 0 bridgehead atoms. The Morgan fingerprint density at radius 1 is 0.818 bits per heavy atom. The topological polar surface area (TPSA) is 86.7 Å². The summed E-state index contributed by atoms with van der Waals surface area (Å²) in [5.74, 6) is 0.238. The first-order chi connectivity index (χ1) is 10.6. The smallest absolute Gasteiger partial charge is 0.157 e. The van der Waals surface area contributed by atoms with Crippen LogP contribution in [-0.2, 0) is 12.8 Å².